The minimum atomic E-state index is -3.51. The number of hydrogen-bond donors (Lipinski definition) is 2. The van der Waals surface area contributed by atoms with Crippen molar-refractivity contribution in [2.45, 2.75) is 17.3 Å². The zero-order valence-corrected chi connectivity index (χ0v) is 12.6. The van der Waals surface area contributed by atoms with Crippen LogP contribution in [0.4, 0.5) is 5.69 Å². The lowest BCUT2D eigenvalue weighted by Gasteiger charge is -2.07. The topological polar surface area (TPSA) is 75.4 Å². The molecule has 0 saturated carbocycles. The van der Waals surface area contributed by atoms with Crippen molar-refractivity contribution in [3.63, 3.8) is 0 Å². The summed E-state index contributed by atoms with van der Waals surface area (Å²) in [5, 5.41) is 0. The Morgan fingerprint density at radius 3 is 1.94 bits per heavy atom. The molecule has 1 aromatic carbocycles. The van der Waals surface area contributed by atoms with Gasteiger partial charge in [0.05, 0.1) is 10.4 Å². The second-order valence-electron chi connectivity index (χ2n) is 4.15. The first kappa shape index (κ1) is 17.2. The molecule has 0 fully saturated rings. The molecular weight excluding hydrogens is 274 g/mol. The molecular formula is C11H20ClN3O2S. The Balaban J connectivity index is 0.000000631. The average molecular weight is 294 g/mol. The Kier molecular flexibility index (Phi) is 7.23. The molecule has 0 radical (unpaired) electrons. The fraction of sp³-hybridized carbons (Fsp3) is 0.455. The predicted molar refractivity (Wildman–Crippen MR) is 76.1 cm³/mol. The van der Waals surface area contributed by atoms with E-state index in [-0.39, 0.29) is 4.90 Å². The van der Waals surface area contributed by atoms with Crippen LogP contribution in [0.3, 0.4) is 0 Å². The average Bonchev–Trinajstić information content (AvgIpc) is 2.15. The molecule has 18 heavy (non-hydrogen) atoms. The van der Waals surface area contributed by atoms with Crippen LogP contribution in [0.2, 0.25) is 0 Å². The van der Waals surface area contributed by atoms with Gasteiger partial charge >= 0.3 is 0 Å². The van der Waals surface area contributed by atoms with E-state index in [2.05, 4.69) is 4.72 Å². The number of nitrogens with one attached hydrogen (secondary N) is 1. The number of anilines is 1. The highest BCUT2D eigenvalue weighted by Crippen LogP contribution is 2.12. The monoisotopic (exact) mass is 293 g/mol. The summed E-state index contributed by atoms with van der Waals surface area (Å²) in [6, 6.07) is 5.90. The molecule has 1 unspecified atom stereocenters. The highest BCUT2D eigenvalue weighted by molar-refractivity contribution is 7.89. The Labute approximate surface area is 114 Å². The van der Waals surface area contributed by atoms with Gasteiger partial charge in [-0.15, -0.1) is 11.6 Å². The van der Waals surface area contributed by atoms with Crippen LogP contribution in [0.25, 0.3) is 0 Å². The zero-order chi connectivity index (χ0) is 14.3. The summed E-state index contributed by atoms with van der Waals surface area (Å²) < 4.78 is 25.3. The Hall–Kier alpha value is -0.820. The number of rotatable bonds is 3. The molecule has 5 nitrogen and oxygen atoms in total. The summed E-state index contributed by atoms with van der Waals surface area (Å²) in [4.78, 5) is 2.15. The summed E-state index contributed by atoms with van der Waals surface area (Å²) in [6.45, 7) is 1.54. The van der Waals surface area contributed by atoms with E-state index in [1.54, 1.807) is 0 Å². The van der Waals surface area contributed by atoms with Gasteiger partial charge in [0, 0.05) is 5.69 Å². The van der Waals surface area contributed by atoms with Crippen LogP contribution in [0, 0.1) is 0 Å². The first-order valence-corrected chi connectivity index (χ1v) is 7.20. The van der Waals surface area contributed by atoms with Crippen LogP contribution >= 0.6 is 11.6 Å². The van der Waals surface area contributed by atoms with Crippen molar-refractivity contribution >= 4 is 27.3 Å². The quantitative estimate of drug-likeness (QED) is 0.500. The lowest BCUT2D eigenvalue weighted by atomic mass is 10.3. The number of nitrogens with two attached hydrogens (primary N) is 1. The molecule has 0 amide bonds. The highest BCUT2D eigenvalue weighted by Gasteiger charge is 2.15. The number of alkyl halides is 1. The molecule has 3 N–H and O–H groups in total. The largest absolute Gasteiger partial charge is 0.399 e. The van der Waals surface area contributed by atoms with Crippen LogP contribution in [-0.2, 0) is 10.0 Å². The fourth-order valence-corrected chi connectivity index (χ4v) is 2.34. The number of benzene rings is 1. The minimum Gasteiger partial charge on any atom is -0.399 e. The number of hydrogen-bond acceptors (Lipinski definition) is 4. The first-order valence-electron chi connectivity index (χ1n) is 5.28. The molecule has 0 aliphatic rings. The third kappa shape index (κ3) is 7.50. The predicted octanol–water partition coefficient (Wildman–Crippen LogP) is 1.31. The number of halogens is 1. The SMILES string of the molecule is CC(Cl)NS(=O)(=O)c1ccc(N)cc1.CN(C)C. The van der Waals surface area contributed by atoms with E-state index in [0.717, 1.165) is 0 Å². The van der Waals surface area contributed by atoms with Crippen molar-refractivity contribution in [3.05, 3.63) is 24.3 Å². The van der Waals surface area contributed by atoms with Gasteiger partial charge in [0.15, 0.2) is 0 Å². The van der Waals surface area contributed by atoms with Gasteiger partial charge in [0.25, 0.3) is 0 Å². The van der Waals surface area contributed by atoms with Crippen molar-refractivity contribution < 1.29 is 8.42 Å². The summed E-state index contributed by atoms with van der Waals surface area (Å²) in [5.41, 5.74) is 5.31. The number of sulfonamides is 1. The van der Waals surface area contributed by atoms with Crippen LogP contribution < -0.4 is 10.5 Å². The lowest BCUT2D eigenvalue weighted by molar-refractivity contribution is 0.505. The molecule has 0 aliphatic carbocycles. The maximum absolute atomic E-state index is 11.5. The summed E-state index contributed by atoms with van der Waals surface area (Å²) in [7, 11) is 2.49. The van der Waals surface area contributed by atoms with E-state index in [9.17, 15) is 8.42 Å². The summed E-state index contributed by atoms with van der Waals surface area (Å²) >= 11 is 5.53. The Morgan fingerprint density at radius 1 is 1.22 bits per heavy atom. The van der Waals surface area contributed by atoms with Crippen LogP contribution in [0.1, 0.15) is 6.92 Å². The third-order valence-electron chi connectivity index (χ3n) is 1.51. The maximum Gasteiger partial charge on any atom is 0.241 e. The molecule has 1 atom stereocenters. The molecule has 0 saturated heterocycles. The maximum atomic E-state index is 11.5. The highest BCUT2D eigenvalue weighted by atomic mass is 35.5. The Morgan fingerprint density at radius 2 is 1.61 bits per heavy atom. The van der Waals surface area contributed by atoms with Crippen molar-refractivity contribution in [1.29, 1.82) is 0 Å². The van der Waals surface area contributed by atoms with Crippen LogP contribution in [-0.4, -0.2) is 40.0 Å². The van der Waals surface area contributed by atoms with Gasteiger partial charge in [0.2, 0.25) is 10.0 Å². The molecule has 0 bridgehead atoms. The molecule has 0 aliphatic heterocycles. The van der Waals surface area contributed by atoms with E-state index in [4.69, 9.17) is 17.3 Å². The van der Waals surface area contributed by atoms with E-state index >= 15 is 0 Å². The molecule has 104 valence electrons. The third-order valence-corrected chi connectivity index (χ3v) is 3.30. The second-order valence-corrected chi connectivity index (χ2v) is 6.52. The normalized spacial score (nSPS) is 12.8. The first-order chi connectivity index (χ1) is 8.15. The summed E-state index contributed by atoms with van der Waals surface area (Å²) in [5.74, 6) is 0. The van der Waals surface area contributed by atoms with Crippen LogP contribution in [0.5, 0.6) is 0 Å². The van der Waals surface area contributed by atoms with Gasteiger partial charge in [-0.2, -0.15) is 4.72 Å². The zero-order valence-electron chi connectivity index (χ0n) is 11.0. The van der Waals surface area contributed by atoms with Crippen molar-refractivity contribution in [2.24, 2.45) is 0 Å². The van der Waals surface area contributed by atoms with Gasteiger partial charge in [0.1, 0.15) is 0 Å². The lowest BCUT2D eigenvalue weighted by Crippen LogP contribution is -2.28. The van der Waals surface area contributed by atoms with Crippen molar-refractivity contribution in [2.75, 3.05) is 26.9 Å². The smallest absolute Gasteiger partial charge is 0.241 e. The van der Waals surface area contributed by atoms with Gasteiger partial charge < -0.3 is 10.6 Å². The molecule has 0 spiro atoms. The second kappa shape index (κ2) is 7.58. The number of nitrogens with zero attached hydrogens (tertiary/aromatic N) is 1. The molecule has 0 aromatic heterocycles. The van der Waals surface area contributed by atoms with Crippen molar-refractivity contribution in [1.82, 2.24) is 9.62 Å². The van der Waals surface area contributed by atoms with Crippen molar-refractivity contribution in [3.8, 4) is 0 Å². The van der Waals surface area contributed by atoms with E-state index in [1.807, 2.05) is 26.0 Å². The van der Waals surface area contributed by atoms with Gasteiger partial charge in [-0.05, 0) is 52.3 Å². The van der Waals surface area contributed by atoms with Gasteiger partial charge in [-0.3, -0.25) is 0 Å². The Bertz CT molecular complexity index is 441. The molecule has 1 rings (SSSR count). The molecule has 0 heterocycles. The molecule has 7 heteroatoms. The number of nitrogen functional groups attached to an aromatic ring is 1. The fourth-order valence-electron chi connectivity index (χ4n) is 0.929. The van der Waals surface area contributed by atoms with Gasteiger partial charge in [-0.25, -0.2) is 8.42 Å². The van der Waals surface area contributed by atoms with E-state index < -0.39 is 15.5 Å². The minimum absolute atomic E-state index is 0.152. The summed E-state index contributed by atoms with van der Waals surface area (Å²) in [6.07, 6.45) is 0. The van der Waals surface area contributed by atoms with Gasteiger partial charge in [-0.1, -0.05) is 0 Å². The van der Waals surface area contributed by atoms with E-state index in [0.29, 0.717) is 5.69 Å². The standard InChI is InChI=1S/C8H11ClN2O2S.C3H9N/c1-6(9)11-14(12,13)8-4-2-7(10)3-5-8;1-4(2)3/h2-6,11H,10H2,1H3;1-3H3. The molecule has 1 aromatic rings. The van der Waals surface area contributed by atoms with E-state index in [1.165, 1.54) is 31.2 Å². The van der Waals surface area contributed by atoms with Crippen LogP contribution in [0.15, 0.2) is 29.2 Å².